The van der Waals surface area contributed by atoms with Crippen LogP contribution in [0.5, 0.6) is 0 Å². The van der Waals surface area contributed by atoms with Crippen LogP contribution in [0.25, 0.3) is 22.5 Å². The molecular weight excluding hydrogens is 809 g/mol. The van der Waals surface area contributed by atoms with E-state index in [1.807, 2.05) is 109 Å². The zero-order valence-corrected chi connectivity index (χ0v) is 32.4. The molecule has 6 rings (SSSR count). The van der Waals surface area contributed by atoms with Gasteiger partial charge >= 0.3 is 144 Å². The van der Waals surface area contributed by atoms with Crippen LogP contribution < -0.4 is 4.40 Å². The van der Waals surface area contributed by atoms with Crippen molar-refractivity contribution < 1.29 is 25.6 Å². The SMILES string of the molecule is [2H]C([2H])(c1ccccc1)c1cc(-c2[c-]cccc2)nc[c]1[Ge]([CH3])([CH3])[CH3].[2H]C([2H])(c1ccccc1)c1ccnc(-c2[c-]ccc(C(C)(C)C)c2)c1.[Ir]. The molecule has 1 radical (unpaired) electrons. The van der Waals surface area contributed by atoms with Crippen molar-refractivity contribution in [1.82, 2.24) is 9.97 Å². The molecule has 2 nitrogen and oxygen atoms in total. The van der Waals surface area contributed by atoms with Crippen LogP contribution in [-0.4, -0.2) is 23.2 Å². The van der Waals surface area contributed by atoms with Gasteiger partial charge in [0.05, 0.1) is 0 Å². The van der Waals surface area contributed by atoms with Gasteiger partial charge in [-0.15, -0.1) is 35.4 Å². The van der Waals surface area contributed by atoms with Gasteiger partial charge in [-0.3, -0.25) is 0 Å². The Hall–Kier alpha value is -3.63. The van der Waals surface area contributed by atoms with Crippen molar-refractivity contribution in [2.45, 2.75) is 56.2 Å². The van der Waals surface area contributed by atoms with Crippen LogP contribution in [0.2, 0.25) is 17.3 Å². The summed E-state index contributed by atoms with van der Waals surface area (Å²) in [6, 6.07) is 44.3. The summed E-state index contributed by atoms with van der Waals surface area (Å²) in [5.74, 6) is 6.82. The Morgan fingerprint density at radius 2 is 1.26 bits per heavy atom. The maximum Gasteiger partial charge on any atom is 0.0365 e. The third-order valence-electron chi connectivity index (χ3n) is 7.52. The van der Waals surface area contributed by atoms with E-state index in [0.717, 1.165) is 32.5 Å². The van der Waals surface area contributed by atoms with Gasteiger partial charge in [0.15, 0.2) is 0 Å². The summed E-state index contributed by atoms with van der Waals surface area (Å²) in [4.78, 5) is 9.07. The maximum absolute atomic E-state index is 8.85. The minimum atomic E-state index is -2.30. The molecule has 0 saturated carbocycles. The first-order valence-electron chi connectivity index (χ1n) is 17.7. The fraction of sp³-hybridized carbons (Fsp3) is 0.209. The fourth-order valence-electron chi connectivity index (χ4n) is 4.96. The van der Waals surface area contributed by atoms with Crippen LogP contribution in [-0.2, 0) is 38.3 Å². The maximum atomic E-state index is 8.85. The van der Waals surface area contributed by atoms with Gasteiger partial charge < -0.3 is 4.98 Å². The summed E-state index contributed by atoms with van der Waals surface area (Å²) >= 11 is -2.30. The second kappa shape index (κ2) is 16.5. The molecule has 4 aromatic carbocycles. The normalized spacial score (nSPS) is 13.1. The summed E-state index contributed by atoms with van der Waals surface area (Å²) in [6.45, 7) is 6.51. The molecule has 0 unspecified atom stereocenters. The average Bonchev–Trinajstić information content (AvgIpc) is 3.12. The van der Waals surface area contributed by atoms with Crippen LogP contribution in [0.15, 0.2) is 134 Å². The molecule has 6 aromatic rings. The molecule has 0 bridgehead atoms. The summed E-state index contributed by atoms with van der Waals surface area (Å²) in [5, 5.41) is 0. The number of nitrogens with zero attached hydrogens (tertiary/aromatic N) is 2. The molecule has 0 spiro atoms. The van der Waals surface area contributed by atoms with Gasteiger partial charge in [-0.05, 0) is 34.7 Å². The zero-order chi connectivity index (χ0) is 36.2. The van der Waals surface area contributed by atoms with Crippen molar-refractivity contribution in [3.63, 3.8) is 0 Å². The topological polar surface area (TPSA) is 25.8 Å². The molecule has 0 amide bonds. The summed E-state index contributed by atoms with van der Waals surface area (Å²) < 4.78 is 35.9. The van der Waals surface area contributed by atoms with E-state index in [9.17, 15) is 0 Å². The third kappa shape index (κ3) is 10.4. The quantitative estimate of drug-likeness (QED) is 0.118. The molecule has 2 heterocycles. The first-order valence-corrected chi connectivity index (χ1v) is 23.0. The van der Waals surface area contributed by atoms with Crippen molar-refractivity contribution in [3.8, 4) is 22.5 Å². The van der Waals surface area contributed by atoms with Crippen LogP contribution in [0.3, 0.4) is 0 Å². The van der Waals surface area contributed by atoms with Crippen LogP contribution >= 0.6 is 0 Å². The molecule has 241 valence electrons. The van der Waals surface area contributed by atoms with Gasteiger partial charge in [0.2, 0.25) is 0 Å². The molecule has 0 atom stereocenters. The second-order valence-corrected chi connectivity index (χ2v) is 23.9. The monoisotopic (exact) mass is 859 g/mol. The Balaban J connectivity index is 0.000000224. The molecule has 0 aliphatic heterocycles. The summed E-state index contributed by atoms with van der Waals surface area (Å²) in [5.41, 5.74) is 7.19. The number of pyridine rings is 2. The number of rotatable bonds is 7. The number of aromatic nitrogens is 2. The van der Waals surface area contributed by atoms with Gasteiger partial charge in [-0.1, -0.05) is 57.2 Å². The van der Waals surface area contributed by atoms with Crippen LogP contribution in [0.4, 0.5) is 0 Å². The number of benzene rings is 4. The standard InChI is InChI=1S/C22H22N.C21H22GeN.Ir/c1-22(2,3)20-11-7-10-19(16-20)21-15-18(12-13-23-21)14-17-8-5-4-6-9-17;1-22(2,3)20-16-23-21(18-12-8-5-9-13-18)15-19(20)14-17-10-6-4-7-11-17;/h4-9,11-13,15-16H,14H2,1-3H3;4-12,15-16H,14H2,1-3H3;/q2*-1;/i2*14D2;. The Bertz CT molecular complexity index is 2030. The van der Waals surface area contributed by atoms with E-state index in [2.05, 4.69) is 72.3 Å². The van der Waals surface area contributed by atoms with Crippen molar-refractivity contribution in [2.24, 2.45) is 0 Å². The summed E-state index contributed by atoms with van der Waals surface area (Å²) in [6.07, 6.45) is 0.442. The van der Waals surface area contributed by atoms with Gasteiger partial charge in [-0.25, -0.2) is 0 Å². The molecule has 4 heteroatoms. The Kier molecular flexibility index (Phi) is 10.8. The van der Waals surface area contributed by atoms with Crippen molar-refractivity contribution in [2.75, 3.05) is 0 Å². The second-order valence-electron chi connectivity index (χ2n) is 13.3. The smallest absolute Gasteiger partial charge is 0.0365 e. The van der Waals surface area contributed by atoms with E-state index in [-0.39, 0.29) is 25.5 Å². The molecule has 2 aromatic heterocycles. The molecule has 0 saturated heterocycles. The number of hydrogen-bond donors (Lipinski definition) is 0. The molecule has 0 fully saturated rings. The molecule has 0 N–H and O–H groups in total. The number of hydrogen-bond acceptors (Lipinski definition) is 2. The van der Waals surface area contributed by atoms with Crippen molar-refractivity contribution in [3.05, 3.63) is 174 Å². The molecular formula is C43H44GeIrN2-2. The average molecular weight is 858 g/mol. The predicted molar refractivity (Wildman–Crippen MR) is 197 cm³/mol. The zero-order valence-electron chi connectivity index (χ0n) is 31.9. The summed E-state index contributed by atoms with van der Waals surface area (Å²) in [7, 11) is 0. The Labute approximate surface area is 304 Å². The predicted octanol–water partition coefficient (Wildman–Crippen LogP) is 10.1. The van der Waals surface area contributed by atoms with E-state index in [1.54, 1.807) is 12.3 Å². The molecule has 47 heavy (non-hydrogen) atoms. The van der Waals surface area contributed by atoms with Gasteiger partial charge in [0.25, 0.3) is 0 Å². The van der Waals surface area contributed by atoms with E-state index >= 15 is 0 Å². The first kappa shape index (κ1) is 30.7. The molecule has 0 aliphatic rings. The van der Waals surface area contributed by atoms with Crippen molar-refractivity contribution >= 4 is 17.7 Å². The van der Waals surface area contributed by atoms with Gasteiger partial charge in [0, 0.05) is 29.0 Å². The fourth-order valence-corrected chi connectivity index (χ4v) is 7.88. The van der Waals surface area contributed by atoms with Gasteiger partial charge in [0.1, 0.15) is 0 Å². The van der Waals surface area contributed by atoms with E-state index in [4.69, 9.17) is 5.48 Å². The van der Waals surface area contributed by atoms with E-state index < -0.39 is 26.0 Å². The Morgan fingerprint density at radius 1 is 0.638 bits per heavy atom. The van der Waals surface area contributed by atoms with E-state index in [1.165, 1.54) is 5.56 Å². The Morgan fingerprint density at radius 3 is 1.87 bits per heavy atom. The van der Waals surface area contributed by atoms with Crippen LogP contribution in [0.1, 0.15) is 54.1 Å². The minimum Gasteiger partial charge on any atom is -0.305 e. The largest absolute Gasteiger partial charge is 0.305 e. The third-order valence-corrected chi connectivity index (χ3v) is 11.7. The molecule has 0 aliphatic carbocycles. The first-order chi connectivity index (χ1) is 23.6. The van der Waals surface area contributed by atoms with Crippen molar-refractivity contribution in [1.29, 1.82) is 0 Å². The van der Waals surface area contributed by atoms with E-state index in [0.29, 0.717) is 16.7 Å². The van der Waals surface area contributed by atoms with Crippen LogP contribution in [0, 0.1) is 12.1 Å². The van der Waals surface area contributed by atoms with Gasteiger partial charge in [-0.2, -0.15) is 0 Å². The minimum absolute atomic E-state index is 0.